The molecule has 0 spiro atoms. The zero-order valence-corrected chi connectivity index (χ0v) is 14.3. The average Bonchev–Trinajstić information content (AvgIpc) is 3.16. The maximum absolute atomic E-state index is 14.2. The van der Waals surface area contributed by atoms with E-state index >= 15 is 0 Å². The quantitative estimate of drug-likeness (QED) is 0.465. The van der Waals surface area contributed by atoms with Gasteiger partial charge < -0.3 is 17.2 Å². The summed E-state index contributed by atoms with van der Waals surface area (Å²) in [6, 6.07) is 10.5. The molecule has 0 radical (unpaired) electrons. The van der Waals surface area contributed by atoms with Crippen molar-refractivity contribution >= 4 is 17.2 Å². The number of tetrazole rings is 1. The molecule has 0 aliphatic rings. The molecule has 10 heteroatoms. The standard InChI is InChI=1S/C18H14F2N8/c19-12-2-1-3-15(16(12)20)28-18(25-26-27-28)11-6-10(8-24-17(11)23)9-4-5-13(21)14(22)7-9/h1-8H,21-22H2,(H2,23,24). The topological polar surface area (TPSA) is 135 Å². The van der Waals surface area contributed by atoms with Crippen LogP contribution in [-0.4, -0.2) is 25.2 Å². The number of aromatic nitrogens is 5. The molecule has 0 unspecified atom stereocenters. The van der Waals surface area contributed by atoms with Gasteiger partial charge in [-0.3, -0.25) is 0 Å². The van der Waals surface area contributed by atoms with Gasteiger partial charge >= 0.3 is 0 Å². The van der Waals surface area contributed by atoms with Gasteiger partial charge in [-0.05, 0) is 46.3 Å². The number of anilines is 3. The van der Waals surface area contributed by atoms with E-state index in [1.165, 1.54) is 12.1 Å². The molecule has 0 aliphatic heterocycles. The molecule has 2 aromatic heterocycles. The Morgan fingerprint density at radius 3 is 2.50 bits per heavy atom. The van der Waals surface area contributed by atoms with Gasteiger partial charge in [0.15, 0.2) is 17.5 Å². The summed E-state index contributed by atoms with van der Waals surface area (Å²) in [7, 11) is 0. The van der Waals surface area contributed by atoms with E-state index in [9.17, 15) is 8.78 Å². The predicted molar refractivity (Wildman–Crippen MR) is 101 cm³/mol. The molecule has 0 atom stereocenters. The third-order valence-corrected chi connectivity index (χ3v) is 4.21. The largest absolute Gasteiger partial charge is 0.397 e. The fourth-order valence-electron chi connectivity index (χ4n) is 2.74. The van der Waals surface area contributed by atoms with Crippen molar-refractivity contribution in [2.45, 2.75) is 0 Å². The number of rotatable bonds is 3. The van der Waals surface area contributed by atoms with Crippen molar-refractivity contribution in [3.05, 3.63) is 60.3 Å². The number of hydrogen-bond donors (Lipinski definition) is 3. The monoisotopic (exact) mass is 380 g/mol. The molecular formula is C18H14F2N8. The van der Waals surface area contributed by atoms with E-state index in [0.29, 0.717) is 22.5 Å². The lowest BCUT2D eigenvalue weighted by Gasteiger charge is -2.10. The van der Waals surface area contributed by atoms with E-state index in [1.807, 2.05) is 0 Å². The number of nitrogen functional groups attached to an aromatic ring is 3. The zero-order valence-electron chi connectivity index (χ0n) is 14.3. The molecule has 6 N–H and O–H groups in total. The van der Waals surface area contributed by atoms with E-state index < -0.39 is 11.6 Å². The molecule has 4 aromatic rings. The van der Waals surface area contributed by atoms with Crippen LogP contribution in [0.1, 0.15) is 0 Å². The molecule has 2 aromatic carbocycles. The average molecular weight is 380 g/mol. The van der Waals surface area contributed by atoms with Crippen molar-refractivity contribution < 1.29 is 8.78 Å². The number of hydrogen-bond acceptors (Lipinski definition) is 7. The van der Waals surface area contributed by atoms with E-state index in [2.05, 4.69) is 20.5 Å². The van der Waals surface area contributed by atoms with Crippen molar-refractivity contribution in [2.75, 3.05) is 17.2 Å². The normalized spacial score (nSPS) is 10.9. The molecule has 0 saturated carbocycles. The zero-order chi connectivity index (χ0) is 19.8. The number of nitrogens with zero attached hydrogens (tertiary/aromatic N) is 5. The number of pyridine rings is 1. The highest BCUT2D eigenvalue weighted by atomic mass is 19.2. The van der Waals surface area contributed by atoms with Crippen LogP contribution >= 0.6 is 0 Å². The van der Waals surface area contributed by atoms with E-state index in [4.69, 9.17) is 17.2 Å². The minimum atomic E-state index is -1.08. The van der Waals surface area contributed by atoms with Gasteiger partial charge in [-0.25, -0.2) is 13.8 Å². The number of benzene rings is 2. The first-order chi connectivity index (χ1) is 13.5. The fourth-order valence-corrected chi connectivity index (χ4v) is 2.74. The molecule has 28 heavy (non-hydrogen) atoms. The molecule has 8 nitrogen and oxygen atoms in total. The Morgan fingerprint density at radius 1 is 0.893 bits per heavy atom. The third-order valence-electron chi connectivity index (χ3n) is 4.21. The molecule has 0 bridgehead atoms. The minimum absolute atomic E-state index is 0.111. The van der Waals surface area contributed by atoms with Crippen LogP contribution in [0.5, 0.6) is 0 Å². The van der Waals surface area contributed by atoms with Gasteiger partial charge in [-0.2, -0.15) is 4.68 Å². The van der Waals surface area contributed by atoms with E-state index in [1.54, 1.807) is 30.5 Å². The van der Waals surface area contributed by atoms with Crippen LogP contribution in [0.25, 0.3) is 28.2 Å². The fraction of sp³-hybridized carbons (Fsp3) is 0. The van der Waals surface area contributed by atoms with Gasteiger partial charge in [-0.15, -0.1) is 5.10 Å². The van der Waals surface area contributed by atoms with Crippen molar-refractivity contribution in [1.29, 1.82) is 0 Å². The van der Waals surface area contributed by atoms with Crippen LogP contribution in [0.2, 0.25) is 0 Å². The highest BCUT2D eigenvalue weighted by Gasteiger charge is 2.19. The summed E-state index contributed by atoms with van der Waals surface area (Å²) in [6.45, 7) is 0. The molecule has 0 fully saturated rings. The Bertz CT molecular complexity index is 1190. The molecule has 0 amide bonds. The van der Waals surface area contributed by atoms with Crippen molar-refractivity contribution in [2.24, 2.45) is 0 Å². The van der Waals surface area contributed by atoms with Crippen LogP contribution in [0.4, 0.5) is 26.0 Å². The summed E-state index contributed by atoms with van der Waals surface area (Å²) in [6.07, 6.45) is 1.56. The maximum Gasteiger partial charge on any atom is 0.190 e. The summed E-state index contributed by atoms with van der Waals surface area (Å²) in [5.74, 6) is -1.86. The van der Waals surface area contributed by atoms with E-state index in [0.717, 1.165) is 16.3 Å². The Morgan fingerprint density at radius 2 is 1.71 bits per heavy atom. The second kappa shape index (κ2) is 6.58. The van der Waals surface area contributed by atoms with Crippen LogP contribution in [0.3, 0.4) is 0 Å². The van der Waals surface area contributed by atoms with Gasteiger partial charge in [0.2, 0.25) is 0 Å². The molecule has 0 saturated heterocycles. The summed E-state index contributed by atoms with van der Waals surface area (Å²) in [5.41, 5.74) is 20.1. The lowest BCUT2D eigenvalue weighted by Crippen LogP contribution is -2.06. The summed E-state index contributed by atoms with van der Waals surface area (Å²) in [4.78, 5) is 4.17. The Labute approximate surface area is 157 Å². The van der Waals surface area contributed by atoms with Crippen molar-refractivity contribution in [1.82, 2.24) is 25.2 Å². The highest BCUT2D eigenvalue weighted by Crippen LogP contribution is 2.31. The van der Waals surface area contributed by atoms with E-state index in [-0.39, 0.29) is 17.3 Å². The molecule has 2 heterocycles. The smallest absolute Gasteiger partial charge is 0.190 e. The highest BCUT2D eigenvalue weighted by molar-refractivity contribution is 5.79. The van der Waals surface area contributed by atoms with Crippen molar-refractivity contribution in [3.63, 3.8) is 0 Å². The number of halogens is 2. The summed E-state index contributed by atoms with van der Waals surface area (Å²) < 4.78 is 28.9. The lowest BCUT2D eigenvalue weighted by atomic mass is 10.0. The Balaban J connectivity index is 1.86. The first-order valence-electron chi connectivity index (χ1n) is 8.09. The Kier molecular flexibility index (Phi) is 4.07. The number of nitrogens with two attached hydrogens (primary N) is 3. The SMILES string of the molecule is Nc1ccc(-c2cnc(N)c(-c3nnnn3-c3cccc(F)c3F)c2)cc1N. The molecular weight excluding hydrogens is 366 g/mol. The third kappa shape index (κ3) is 2.86. The minimum Gasteiger partial charge on any atom is -0.397 e. The first-order valence-corrected chi connectivity index (χ1v) is 8.09. The van der Waals surface area contributed by atoms with Crippen molar-refractivity contribution in [3.8, 4) is 28.2 Å². The second-order valence-corrected chi connectivity index (χ2v) is 5.99. The van der Waals surface area contributed by atoms with Crippen LogP contribution < -0.4 is 17.2 Å². The summed E-state index contributed by atoms with van der Waals surface area (Å²) >= 11 is 0. The maximum atomic E-state index is 14.2. The van der Waals surface area contributed by atoms with Gasteiger partial charge in [0.25, 0.3) is 0 Å². The van der Waals surface area contributed by atoms with Gasteiger partial charge in [0.1, 0.15) is 11.5 Å². The van der Waals surface area contributed by atoms with Gasteiger partial charge in [0.05, 0.1) is 16.9 Å². The van der Waals surface area contributed by atoms with Crippen LogP contribution in [0.15, 0.2) is 48.7 Å². The van der Waals surface area contributed by atoms with Crippen LogP contribution in [0, 0.1) is 11.6 Å². The van der Waals surface area contributed by atoms with Crippen LogP contribution in [-0.2, 0) is 0 Å². The van der Waals surface area contributed by atoms with Gasteiger partial charge in [0, 0.05) is 11.8 Å². The second-order valence-electron chi connectivity index (χ2n) is 5.99. The first kappa shape index (κ1) is 17.3. The Hall–Kier alpha value is -4.08. The lowest BCUT2D eigenvalue weighted by molar-refractivity contribution is 0.501. The molecule has 4 rings (SSSR count). The molecule has 140 valence electrons. The molecule has 0 aliphatic carbocycles. The van der Waals surface area contributed by atoms with Gasteiger partial charge in [-0.1, -0.05) is 12.1 Å². The predicted octanol–water partition coefficient (Wildman–Crippen LogP) is 2.42. The summed E-state index contributed by atoms with van der Waals surface area (Å²) in [5, 5.41) is 11.2.